The Balaban J connectivity index is 2.43. The SMILES string of the molecule is CCOP(=O)(OCC)C1(CC)CCC(c2ccc(OC)c(OC)c2)=N1. The van der Waals surface area contributed by atoms with Crippen LogP contribution in [0.5, 0.6) is 11.5 Å². The standard InChI is InChI=1S/C18H28NO5P/c1-6-18(25(20,23-7-2)24-8-3)12-11-15(19-18)14-9-10-16(21-4)17(13-14)22-5/h9-10,13H,6-8,11-12H2,1-5H3. The van der Waals surface area contributed by atoms with E-state index in [2.05, 4.69) is 0 Å². The van der Waals surface area contributed by atoms with E-state index >= 15 is 0 Å². The van der Waals surface area contributed by atoms with Gasteiger partial charge in [-0.15, -0.1) is 0 Å². The molecule has 6 nitrogen and oxygen atoms in total. The maximum absolute atomic E-state index is 13.4. The van der Waals surface area contributed by atoms with Gasteiger partial charge in [0, 0.05) is 5.71 Å². The van der Waals surface area contributed by atoms with Crippen LogP contribution in [0.1, 0.15) is 45.6 Å². The molecule has 0 aromatic heterocycles. The molecule has 0 aliphatic carbocycles. The van der Waals surface area contributed by atoms with Crippen molar-refractivity contribution in [1.82, 2.24) is 0 Å². The summed E-state index contributed by atoms with van der Waals surface area (Å²) in [5, 5.41) is -0.818. The molecule has 0 spiro atoms. The highest BCUT2D eigenvalue weighted by Gasteiger charge is 2.52. The number of rotatable bonds is 9. The van der Waals surface area contributed by atoms with Crippen molar-refractivity contribution in [1.29, 1.82) is 0 Å². The fourth-order valence-corrected chi connectivity index (χ4v) is 5.42. The molecule has 1 atom stereocenters. The van der Waals surface area contributed by atoms with Gasteiger partial charge in [0.1, 0.15) is 0 Å². The Morgan fingerprint density at radius 1 is 1.08 bits per heavy atom. The first-order valence-corrected chi connectivity index (χ1v) is 10.2. The van der Waals surface area contributed by atoms with Crippen LogP contribution >= 0.6 is 7.60 Å². The van der Waals surface area contributed by atoms with Crippen LogP contribution in [0.4, 0.5) is 0 Å². The second-order valence-corrected chi connectivity index (χ2v) is 8.14. The lowest BCUT2D eigenvalue weighted by atomic mass is 10.1. The van der Waals surface area contributed by atoms with Gasteiger partial charge in [-0.2, -0.15) is 0 Å². The first-order valence-electron chi connectivity index (χ1n) is 8.69. The largest absolute Gasteiger partial charge is 0.493 e. The lowest BCUT2D eigenvalue weighted by molar-refractivity contribution is 0.194. The number of hydrogen-bond donors (Lipinski definition) is 0. The van der Waals surface area contributed by atoms with Gasteiger partial charge in [0.15, 0.2) is 16.8 Å². The summed E-state index contributed by atoms with van der Waals surface area (Å²) >= 11 is 0. The van der Waals surface area contributed by atoms with Crippen LogP contribution in [-0.2, 0) is 13.6 Å². The van der Waals surface area contributed by atoms with Crippen LogP contribution in [-0.4, -0.2) is 38.4 Å². The molecule has 2 rings (SSSR count). The van der Waals surface area contributed by atoms with Gasteiger partial charge in [-0.05, 0) is 56.9 Å². The Kier molecular flexibility index (Phi) is 6.66. The Hall–Kier alpha value is -1.36. The molecular weight excluding hydrogens is 341 g/mol. The first kappa shape index (κ1) is 20.0. The summed E-state index contributed by atoms with van der Waals surface area (Å²) in [7, 11) is -0.125. The molecule has 0 amide bonds. The molecule has 7 heteroatoms. The molecule has 25 heavy (non-hydrogen) atoms. The summed E-state index contributed by atoms with van der Waals surface area (Å²) < 4.78 is 35.2. The maximum Gasteiger partial charge on any atom is 0.357 e. The lowest BCUT2D eigenvalue weighted by Crippen LogP contribution is -2.25. The van der Waals surface area contributed by atoms with Gasteiger partial charge in [-0.3, -0.25) is 9.56 Å². The smallest absolute Gasteiger partial charge is 0.357 e. The minimum absolute atomic E-state index is 0.334. The molecule has 1 aromatic rings. The molecule has 1 aliphatic heterocycles. The summed E-state index contributed by atoms with van der Waals surface area (Å²) in [5.74, 6) is 1.32. The molecule has 0 radical (unpaired) electrons. The number of hydrogen-bond acceptors (Lipinski definition) is 6. The van der Waals surface area contributed by atoms with Gasteiger partial charge in [0.25, 0.3) is 0 Å². The van der Waals surface area contributed by atoms with Crippen molar-refractivity contribution in [2.45, 2.75) is 45.3 Å². The van der Waals surface area contributed by atoms with Gasteiger partial charge in [-0.25, -0.2) is 0 Å². The molecule has 0 bridgehead atoms. The molecule has 1 aliphatic rings. The molecule has 1 aromatic carbocycles. The minimum Gasteiger partial charge on any atom is -0.493 e. The molecule has 1 unspecified atom stereocenters. The van der Waals surface area contributed by atoms with Crippen molar-refractivity contribution >= 4 is 13.3 Å². The molecule has 0 saturated carbocycles. The summed E-state index contributed by atoms with van der Waals surface area (Å²) in [6, 6.07) is 5.70. The van der Waals surface area contributed by atoms with Crippen molar-refractivity contribution in [3.63, 3.8) is 0 Å². The number of ether oxygens (including phenoxy) is 2. The molecule has 0 saturated heterocycles. The van der Waals surface area contributed by atoms with Crippen molar-refractivity contribution in [2.75, 3.05) is 27.4 Å². The van der Waals surface area contributed by atoms with Gasteiger partial charge in [0.05, 0.1) is 27.4 Å². The summed E-state index contributed by atoms with van der Waals surface area (Å²) in [5.41, 5.74) is 1.83. The molecule has 140 valence electrons. The molecule has 0 fully saturated rings. The van der Waals surface area contributed by atoms with Crippen LogP contribution in [0.2, 0.25) is 0 Å². The van der Waals surface area contributed by atoms with E-state index in [1.807, 2.05) is 39.0 Å². The highest BCUT2D eigenvalue weighted by molar-refractivity contribution is 7.55. The second kappa shape index (κ2) is 8.35. The Bertz CT molecular complexity index is 665. The van der Waals surface area contributed by atoms with Crippen molar-refractivity contribution < 1.29 is 23.1 Å². The normalized spacial score (nSPS) is 20.4. The zero-order valence-corrected chi connectivity index (χ0v) is 16.6. The molecule has 1 heterocycles. The van der Waals surface area contributed by atoms with E-state index in [9.17, 15) is 4.57 Å². The van der Waals surface area contributed by atoms with E-state index in [1.165, 1.54) is 0 Å². The lowest BCUT2D eigenvalue weighted by Gasteiger charge is -2.32. The third-order valence-electron chi connectivity index (χ3n) is 4.50. The van der Waals surface area contributed by atoms with Gasteiger partial charge >= 0.3 is 7.60 Å². The zero-order valence-electron chi connectivity index (χ0n) is 15.7. The third-order valence-corrected chi connectivity index (χ3v) is 7.35. The van der Waals surface area contributed by atoms with Crippen molar-refractivity contribution in [2.24, 2.45) is 4.99 Å². The average molecular weight is 369 g/mol. The number of benzene rings is 1. The van der Waals surface area contributed by atoms with Crippen LogP contribution in [0.25, 0.3) is 0 Å². The highest BCUT2D eigenvalue weighted by Crippen LogP contribution is 2.65. The maximum atomic E-state index is 13.4. The van der Waals surface area contributed by atoms with E-state index in [0.717, 1.165) is 11.3 Å². The van der Waals surface area contributed by atoms with Crippen LogP contribution in [0, 0.1) is 0 Å². The molecule has 0 N–H and O–H groups in total. The summed E-state index contributed by atoms with van der Waals surface area (Å²) in [4.78, 5) is 4.86. The first-order chi connectivity index (χ1) is 12.0. The van der Waals surface area contributed by atoms with Crippen LogP contribution in [0.3, 0.4) is 0 Å². The summed E-state index contributed by atoms with van der Waals surface area (Å²) in [6.45, 7) is 6.29. The predicted octanol–water partition coefficient (Wildman–Crippen LogP) is 4.66. The van der Waals surface area contributed by atoms with E-state index in [1.54, 1.807) is 14.2 Å². The second-order valence-electron chi connectivity index (χ2n) is 5.80. The van der Waals surface area contributed by atoms with E-state index in [0.29, 0.717) is 44.0 Å². The fraction of sp³-hybridized carbons (Fsp3) is 0.611. The topological polar surface area (TPSA) is 66.4 Å². The Morgan fingerprint density at radius 2 is 1.72 bits per heavy atom. The van der Waals surface area contributed by atoms with Crippen molar-refractivity contribution in [3.8, 4) is 11.5 Å². The number of nitrogens with zero attached hydrogens (tertiary/aromatic N) is 1. The zero-order chi connectivity index (χ0) is 18.5. The monoisotopic (exact) mass is 369 g/mol. The van der Waals surface area contributed by atoms with E-state index in [4.69, 9.17) is 23.5 Å². The van der Waals surface area contributed by atoms with Gasteiger partial charge in [-0.1, -0.05) is 6.92 Å². The fourth-order valence-electron chi connectivity index (χ4n) is 3.17. The van der Waals surface area contributed by atoms with Crippen LogP contribution in [0.15, 0.2) is 23.2 Å². The Labute approximate surface area is 150 Å². The van der Waals surface area contributed by atoms with Crippen molar-refractivity contribution in [3.05, 3.63) is 23.8 Å². The number of aliphatic imine (C=N–C) groups is 1. The minimum atomic E-state index is -3.33. The van der Waals surface area contributed by atoms with Gasteiger partial charge in [0.2, 0.25) is 0 Å². The summed E-state index contributed by atoms with van der Waals surface area (Å²) in [6.07, 6.45) is 1.96. The third kappa shape index (κ3) is 3.76. The highest BCUT2D eigenvalue weighted by atomic mass is 31.2. The molecular formula is C18H28NO5P. The van der Waals surface area contributed by atoms with Crippen LogP contribution < -0.4 is 9.47 Å². The predicted molar refractivity (Wildman–Crippen MR) is 99.2 cm³/mol. The number of methoxy groups -OCH3 is 2. The van der Waals surface area contributed by atoms with E-state index < -0.39 is 12.9 Å². The van der Waals surface area contributed by atoms with Gasteiger partial charge < -0.3 is 18.5 Å². The average Bonchev–Trinajstić information content (AvgIpc) is 3.08. The van der Waals surface area contributed by atoms with E-state index in [-0.39, 0.29) is 0 Å². The Morgan fingerprint density at radius 3 is 2.24 bits per heavy atom. The quantitative estimate of drug-likeness (QED) is 0.592.